The third-order valence-corrected chi connectivity index (χ3v) is 3.33. The SMILES string of the molecule is COCCOCCCCNCC(=O)NC1CCCC1. The van der Waals surface area contributed by atoms with Gasteiger partial charge in [-0.25, -0.2) is 0 Å². The largest absolute Gasteiger partial charge is 0.382 e. The zero-order chi connectivity index (χ0) is 13.8. The average molecular weight is 272 g/mol. The smallest absolute Gasteiger partial charge is 0.234 e. The van der Waals surface area contributed by atoms with Gasteiger partial charge in [-0.2, -0.15) is 0 Å². The van der Waals surface area contributed by atoms with Gasteiger partial charge in [0, 0.05) is 19.8 Å². The van der Waals surface area contributed by atoms with Gasteiger partial charge in [0.1, 0.15) is 0 Å². The van der Waals surface area contributed by atoms with Crippen LogP contribution in [0.3, 0.4) is 0 Å². The standard InChI is InChI=1S/C14H28N2O3/c1-18-10-11-19-9-5-4-8-15-12-14(17)16-13-6-2-3-7-13/h13,15H,2-12H2,1H3,(H,16,17). The third kappa shape index (κ3) is 8.97. The van der Waals surface area contributed by atoms with E-state index in [1.54, 1.807) is 7.11 Å². The Morgan fingerprint density at radius 3 is 2.68 bits per heavy atom. The lowest BCUT2D eigenvalue weighted by atomic mass is 10.2. The van der Waals surface area contributed by atoms with Crippen molar-refractivity contribution in [2.45, 2.75) is 44.6 Å². The highest BCUT2D eigenvalue weighted by atomic mass is 16.5. The predicted octanol–water partition coefficient (Wildman–Crippen LogP) is 1.08. The number of unbranched alkanes of at least 4 members (excludes halogenated alkanes) is 1. The van der Waals surface area contributed by atoms with E-state index in [2.05, 4.69) is 10.6 Å². The Hall–Kier alpha value is -0.650. The molecular weight excluding hydrogens is 244 g/mol. The summed E-state index contributed by atoms with van der Waals surface area (Å²) in [6.07, 6.45) is 6.84. The molecule has 0 radical (unpaired) electrons. The fraction of sp³-hybridized carbons (Fsp3) is 0.929. The van der Waals surface area contributed by atoms with Crippen molar-refractivity contribution in [1.82, 2.24) is 10.6 Å². The molecule has 0 unspecified atom stereocenters. The van der Waals surface area contributed by atoms with E-state index in [0.717, 1.165) is 38.8 Å². The fourth-order valence-corrected chi connectivity index (χ4v) is 2.25. The molecule has 0 aromatic carbocycles. The molecule has 112 valence electrons. The molecule has 1 fully saturated rings. The molecule has 1 aliphatic rings. The first-order valence-electron chi connectivity index (χ1n) is 7.39. The van der Waals surface area contributed by atoms with Crippen LogP contribution in [-0.2, 0) is 14.3 Å². The number of hydrogen-bond donors (Lipinski definition) is 2. The summed E-state index contributed by atoms with van der Waals surface area (Å²) in [6.45, 7) is 3.37. The number of nitrogens with one attached hydrogen (secondary N) is 2. The van der Waals surface area contributed by atoms with E-state index in [9.17, 15) is 4.79 Å². The number of ether oxygens (including phenoxy) is 2. The normalized spacial score (nSPS) is 15.8. The van der Waals surface area contributed by atoms with Crippen LogP contribution in [0.2, 0.25) is 0 Å². The van der Waals surface area contributed by atoms with Gasteiger partial charge in [-0.3, -0.25) is 4.79 Å². The molecule has 0 aromatic heterocycles. The van der Waals surface area contributed by atoms with Gasteiger partial charge < -0.3 is 20.1 Å². The number of carbonyl (C=O) groups is 1. The molecule has 2 N–H and O–H groups in total. The van der Waals surface area contributed by atoms with Crippen molar-refractivity contribution in [3.63, 3.8) is 0 Å². The molecule has 0 aromatic rings. The molecule has 1 amide bonds. The molecule has 1 rings (SSSR count). The van der Waals surface area contributed by atoms with Crippen LogP contribution < -0.4 is 10.6 Å². The van der Waals surface area contributed by atoms with Gasteiger partial charge in [-0.1, -0.05) is 12.8 Å². The van der Waals surface area contributed by atoms with Crippen molar-refractivity contribution in [3.8, 4) is 0 Å². The van der Waals surface area contributed by atoms with E-state index in [4.69, 9.17) is 9.47 Å². The molecule has 1 saturated carbocycles. The zero-order valence-electron chi connectivity index (χ0n) is 12.1. The molecule has 0 spiro atoms. The van der Waals surface area contributed by atoms with E-state index in [0.29, 0.717) is 25.8 Å². The lowest BCUT2D eigenvalue weighted by molar-refractivity contribution is -0.120. The molecule has 0 bridgehead atoms. The molecule has 0 saturated heterocycles. The molecule has 5 nitrogen and oxygen atoms in total. The minimum absolute atomic E-state index is 0.128. The lowest BCUT2D eigenvalue weighted by Gasteiger charge is -2.12. The Kier molecular flexibility index (Phi) is 9.67. The van der Waals surface area contributed by atoms with Crippen LogP contribution in [0.4, 0.5) is 0 Å². The van der Waals surface area contributed by atoms with E-state index >= 15 is 0 Å². The van der Waals surface area contributed by atoms with Crippen LogP contribution in [0.1, 0.15) is 38.5 Å². The predicted molar refractivity (Wildman–Crippen MR) is 75.2 cm³/mol. The van der Waals surface area contributed by atoms with Crippen LogP contribution >= 0.6 is 0 Å². The maximum absolute atomic E-state index is 11.6. The van der Waals surface area contributed by atoms with Gasteiger partial charge in [-0.15, -0.1) is 0 Å². The molecule has 0 heterocycles. The Morgan fingerprint density at radius 2 is 1.95 bits per heavy atom. The summed E-state index contributed by atoms with van der Waals surface area (Å²) in [6, 6.07) is 0.420. The summed E-state index contributed by atoms with van der Waals surface area (Å²) in [5, 5.41) is 6.23. The third-order valence-electron chi connectivity index (χ3n) is 3.33. The van der Waals surface area contributed by atoms with E-state index in [-0.39, 0.29) is 5.91 Å². The summed E-state index contributed by atoms with van der Waals surface area (Å²) in [5.41, 5.74) is 0. The number of methoxy groups -OCH3 is 1. The number of hydrogen-bond acceptors (Lipinski definition) is 4. The maximum Gasteiger partial charge on any atom is 0.234 e. The monoisotopic (exact) mass is 272 g/mol. The highest BCUT2D eigenvalue weighted by Gasteiger charge is 2.16. The highest BCUT2D eigenvalue weighted by Crippen LogP contribution is 2.17. The molecule has 0 aliphatic heterocycles. The first kappa shape index (κ1) is 16.4. The summed E-state index contributed by atoms with van der Waals surface area (Å²) >= 11 is 0. The summed E-state index contributed by atoms with van der Waals surface area (Å²) < 4.78 is 10.2. The minimum atomic E-state index is 0.128. The van der Waals surface area contributed by atoms with Crippen LogP contribution in [0, 0.1) is 0 Å². The average Bonchev–Trinajstić information content (AvgIpc) is 2.89. The van der Waals surface area contributed by atoms with E-state index in [1.165, 1.54) is 12.8 Å². The topological polar surface area (TPSA) is 59.6 Å². The summed E-state index contributed by atoms with van der Waals surface area (Å²) in [5.74, 6) is 0.128. The Labute approximate surface area is 116 Å². The van der Waals surface area contributed by atoms with E-state index in [1.807, 2.05) is 0 Å². The zero-order valence-corrected chi connectivity index (χ0v) is 12.1. The number of carbonyl (C=O) groups excluding carboxylic acids is 1. The van der Waals surface area contributed by atoms with Crippen LogP contribution in [-0.4, -0.2) is 52.0 Å². The second kappa shape index (κ2) is 11.2. The first-order valence-corrected chi connectivity index (χ1v) is 7.39. The van der Waals surface area contributed by atoms with Crippen molar-refractivity contribution in [3.05, 3.63) is 0 Å². The van der Waals surface area contributed by atoms with Crippen molar-refractivity contribution < 1.29 is 14.3 Å². The molecule has 1 aliphatic carbocycles. The lowest BCUT2D eigenvalue weighted by Crippen LogP contribution is -2.39. The van der Waals surface area contributed by atoms with Gasteiger partial charge >= 0.3 is 0 Å². The maximum atomic E-state index is 11.6. The molecule has 5 heteroatoms. The summed E-state index contributed by atoms with van der Waals surface area (Å²) in [7, 11) is 1.67. The number of rotatable bonds is 11. The fourth-order valence-electron chi connectivity index (χ4n) is 2.25. The van der Waals surface area contributed by atoms with Crippen molar-refractivity contribution >= 4 is 5.91 Å². The van der Waals surface area contributed by atoms with Gasteiger partial charge in [0.15, 0.2) is 0 Å². The van der Waals surface area contributed by atoms with Crippen molar-refractivity contribution in [1.29, 1.82) is 0 Å². The first-order chi connectivity index (χ1) is 9.33. The van der Waals surface area contributed by atoms with Crippen molar-refractivity contribution in [2.24, 2.45) is 0 Å². The molecule has 19 heavy (non-hydrogen) atoms. The minimum Gasteiger partial charge on any atom is -0.382 e. The Bertz CT molecular complexity index is 231. The van der Waals surface area contributed by atoms with Crippen LogP contribution in [0.25, 0.3) is 0 Å². The van der Waals surface area contributed by atoms with Crippen LogP contribution in [0.5, 0.6) is 0 Å². The van der Waals surface area contributed by atoms with E-state index < -0.39 is 0 Å². The van der Waals surface area contributed by atoms with Gasteiger partial charge in [0.2, 0.25) is 5.91 Å². The van der Waals surface area contributed by atoms with Gasteiger partial charge in [-0.05, 0) is 32.2 Å². The van der Waals surface area contributed by atoms with Gasteiger partial charge in [0.05, 0.1) is 19.8 Å². The molecular formula is C14H28N2O3. The van der Waals surface area contributed by atoms with Gasteiger partial charge in [0.25, 0.3) is 0 Å². The second-order valence-electron chi connectivity index (χ2n) is 5.04. The second-order valence-corrected chi connectivity index (χ2v) is 5.04. The highest BCUT2D eigenvalue weighted by molar-refractivity contribution is 5.78. The Balaban J connectivity index is 1.80. The van der Waals surface area contributed by atoms with Crippen molar-refractivity contribution in [2.75, 3.05) is 40.0 Å². The number of amides is 1. The summed E-state index contributed by atoms with van der Waals surface area (Å²) in [4.78, 5) is 11.6. The molecule has 0 atom stereocenters. The Morgan fingerprint density at radius 1 is 1.16 bits per heavy atom. The van der Waals surface area contributed by atoms with Crippen LogP contribution in [0.15, 0.2) is 0 Å². The quantitative estimate of drug-likeness (QED) is 0.553.